The molecule has 3 aromatic rings. The van der Waals surface area contributed by atoms with E-state index in [-0.39, 0.29) is 0 Å². The number of aromatic nitrogens is 3. The Morgan fingerprint density at radius 2 is 2.11 bits per heavy atom. The first-order chi connectivity index (χ1) is 8.78. The Morgan fingerprint density at radius 1 is 1.22 bits per heavy atom. The molecule has 2 aromatic heterocycles. The molecule has 1 aromatic carbocycles. The van der Waals surface area contributed by atoms with Gasteiger partial charge in [-0.2, -0.15) is 5.10 Å². The standard InChI is InChI=1S/C13H12N4O/c1-18-12-5-11-9(7-16-17-11)4-10(12)8-2-3-13(14)15-6-8/h2-7H,1H3,(H2,14,15)(H,16,17). The van der Waals surface area contributed by atoms with E-state index in [1.807, 2.05) is 18.2 Å². The molecule has 0 aliphatic rings. The zero-order valence-electron chi connectivity index (χ0n) is 9.84. The predicted molar refractivity (Wildman–Crippen MR) is 70.3 cm³/mol. The van der Waals surface area contributed by atoms with Crippen molar-refractivity contribution in [2.24, 2.45) is 0 Å². The molecule has 0 atom stereocenters. The smallest absolute Gasteiger partial charge is 0.128 e. The molecule has 3 N–H and O–H groups in total. The number of methoxy groups -OCH3 is 1. The van der Waals surface area contributed by atoms with Gasteiger partial charge in [0.15, 0.2) is 0 Å². The Bertz CT molecular complexity index is 688. The number of nitrogens with one attached hydrogen (secondary N) is 1. The molecule has 0 radical (unpaired) electrons. The van der Waals surface area contributed by atoms with Gasteiger partial charge in [0, 0.05) is 28.8 Å². The molecule has 0 aliphatic heterocycles. The molecule has 0 fully saturated rings. The summed E-state index contributed by atoms with van der Waals surface area (Å²) in [7, 11) is 1.64. The minimum Gasteiger partial charge on any atom is -0.496 e. The van der Waals surface area contributed by atoms with E-state index in [9.17, 15) is 0 Å². The number of hydrogen-bond donors (Lipinski definition) is 2. The Kier molecular flexibility index (Phi) is 2.37. The van der Waals surface area contributed by atoms with Crippen LogP contribution in [0, 0.1) is 0 Å². The Labute approximate surface area is 104 Å². The van der Waals surface area contributed by atoms with Crippen molar-refractivity contribution in [1.82, 2.24) is 15.2 Å². The molecule has 0 saturated heterocycles. The van der Waals surface area contributed by atoms with Crippen LogP contribution in [0.2, 0.25) is 0 Å². The monoisotopic (exact) mass is 240 g/mol. The van der Waals surface area contributed by atoms with E-state index in [1.54, 1.807) is 25.6 Å². The van der Waals surface area contributed by atoms with E-state index in [0.717, 1.165) is 27.8 Å². The number of H-pyrrole nitrogens is 1. The molecule has 0 aliphatic carbocycles. The lowest BCUT2D eigenvalue weighted by Crippen LogP contribution is -1.91. The van der Waals surface area contributed by atoms with E-state index >= 15 is 0 Å². The summed E-state index contributed by atoms with van der Waals surface area (Å²) in [5.41, 5.74) is 8.47. The number of fused-ring (bicyclic) bond motifs is 1. The molecule has 3 rings (SSSR count). The average molecular weight is 240 g/mol. The van der Waals surface area contributed by atoms with Gasteiger partial charge in [-0.3, -0.25) is 5.10 Å². The van der Waals surface area contributed by atoms with Crippen LogP contribution >= 0.6 is 0 Å². The highest BCUT2D eigenvalue weighted by Crippen LogP contribution is 2.33. The van der Waals surface area contributed by atoms with Crippen molar-refractivity contribution in [3.8, 4) is 16.9 Å². The summed E-state index contributed by atoms with van der Waals surface area (Å²) in [6.45, 7) is 0. The lowest BCUT2D eigenvalue weighted by Gasteiger charge is -2.08. The van der Waals surface area contributed by atoms with Gasteiger partial charge in [0.1, 0.15) is 11.6 Å². The van der Waals surface area contributed by atoms with Crippen LogP contribution in [0.3, 0.4) is 0 Å². The van der Waals surface area contributed by atoms with Gasteiger partial charge in [0.2, 0.25) is 0 Å². The van der Waals surface area contributed by atoms with Gasteiger partial charge in [-0.05, 0) is 18.2 Å². The van der Waals surface area contributed by atoms with Crippen molar-refractivity contribution in [2.45, 2.75) is 0 Å². The number of anilines is 1. The molecule has 5 heteroatoms. The van der Waals surface area contributed by atoms with Gasteiger partial charge in [-0.1, -0.05) is 0 Å². The van der Waals surface area contributed by atoms with Crippen LogP contribution in [0.1, 0.15) is 0 Å². The fourth-order valence-corrected chi connectivity index (χ4v) is 1.93. The Morgan fingerprint density at radius 3 is 2.83 bits per heavy atom. The van der Waals surface area contributed by atoms with Crippen LogP contribution in [0.15, 0.2) is 36.7 Å². The van der Waals surface area contributed by atoms with Gasteiger partial charge in [-0.15, -0.1) is 0 Å². The van der Waals surface area contributed by atoms with Gasteiger partial charge < -0.3 is 10.5 Å². The average Bonchev–Trinajstić information content (AvgIpc) is 2.85. The summed E-state index contributed by atoms with van der Waals surface area (Å²) in [6, 6.07) is 7.64. The number of rotatable bonds is 2. The van der Waals surface area contributed by atoms with Crippen LogP contribution in [-0.4, -0.2) is 22.3 Å². The van der Waals surface area contributed by atoms with E-state index in [4.69, 9.17) is 10.5 Å². The zero-order valence-corrected chi connectivity index (χ0v) is 9.84. The van der Waals surface area contributed by atoms with Crippen molar-refractivity contribution < 1.29 is 4.74 Å². The van der Waals surface area contributed by atoms with Gasteiger partial charge >= 0.3 is 0 Å². The van der Waals surface area contributed by atoms with Crippen LogP contribution in [0.25, 0.3) is 22.0 Å². The number of pyridine rings is 1. The number of benzene rings is 1. The maximum atomic E-state index is 5.59. The van der Waals surface area contributed by atoms with Crippen molar-refractivity contribution in [2.75, 3.05) is 12.8 Å². The lowest BCUT2D eigenvalue weighted by molar-refractivity contribution is 0.417. The molecule has 0 saturated carbocycles. The minimum atomic E-state index is 0.502. The number of ether oxygens (including phenoxy) is 1. The summed E-state index contributed by atoms with van der Waals surface area (Å²) in [5, 5.41) is 7.96. The Hall–Kier alpha value is -2.56. The summed E-state index contributed by atoms with van der Waals surface area (Å²) in [6.07, 6.45) is 3.52. The third kappa shape index (κ3) is 1.66. The Balaban J connectivity index is 2.22. The van der Waals surface area contributed by atoms with Crippen molar-refractivity contribution in [1.29, 1.82) is 0 Å². The first kappa shape index (κ1) is 10.6. The second kappa shape index (κ2) is 4.03. The van der Waals surface area contributed by atoms with Crippen molar-refractivity contribution in [3.05, 3.63) is 36.7 Å². The third-order valence-corrected chi connectivity index (χ3v) is 2.86. The van der Waals surface area contributed by atoms with Crippen LogP contribution in [-0.2, 0) is 0 Å². The molecule has 90 valence electrons. The number of nitrogens with zero attached hydrogens (tertiary/aromatic N) is 2. The number of nitrogen functional groups attached to an aromatic ring is 1. The highest BCUT2D eigenvalue weighted by molar-refractivity contribution is 5.87. The predicted octanol–water partition coefficient (Wildman–Crippen LogP) is 2.22. The molecule has 0 spiro atoms. The molecular formula is C13H12N4O. The maximum Gasteiger partial charge on any atom is 0.128 e. The second-order valence-electron chi connectivity index (χ2n) is 3.98. The van der Waals surface area contributed by atoms with E-state index in [1.165, 1.54) is 0 Å². The fourth-order valence-electron chi connectivity index (χ4n) is 1.93. The van der Waals surface area contributed by atoms with Gasteiger partial charge in [-0.25, -0.2) is 4.98 Å². The molecule has 0 unspecified atom stereocenters. The first-order valence-corrected chi connectivity index (χ1v) is 5.51. The molecule has 0 amide bonds. The summed E-state index contributed by atoms with van der Waals surface area (Å²) < 4.78 is 5.40. The van der Waals surface area contributed by atoms with Crippen molar-refractivity contribution in [3.63, 3.8) is 0 Å². The first-order valence-electron chi connectivity index (χ1n) is 5.51. The van der Waals surface area contributed by atoms with Crippen LogP contribution in [0.4, 0.5) is 5.82 Å². The maximum absolute atomic E-state index is 5.59. The molecule has 18 heavy (non-hydrogen) atoms. The third-order valence-electron chi connectivity index (χ3n) is 2.86. The summed E-state index contributed by atoms with van der Waals surface area (Å²) in [4.78, 5) is 4.10. The molecule has 0 bridgehead atoms. The molecule has 5 nitrogen and oxygen atoms in total. The number of nitrogens with two attached hydrogens (primary N) is 1. The normalized spacial score (nSPS) is 10.7. The number of hydrogen-bond acceptors (Lipinski definition) is 4. The quantitative estimate of drug-likeness (QED) is 0.720. The van der Waals surface area contributed by atoms with E-state index in [0.29, 0.717) is 5.82 Å². The van der Waals surface area contributed by atoms with Gasteiger partial charge in [0.05, 0.1) is 18.8 Å². The topological polar surface area (TPSA) is 76.8 Å². The van der Waals surface area contributed by atoms with E-state index in [2.05, 4.69) is 15.2 Å². The van der Waals surface area contributed by atoms with Crippen LogP contribution < -0.4 is 10.5 Å². The zero-order chi connectivity index (χ0) is 12.5. The highest BCUT2D eigenvalue weighted by Gasteiger charge is 2.09. The van der Waals surface area contributed by atoms with Crippen LogP contribution in [0.5, 0.6) is 5.75 Å². The summed E-state index contributed by atoms with van der Waals surface area (Å²) >= 11 is 0. The molecule has 2 heterocycles. The SMILES string of the molecule is COc1cc2[nH]ncc2cc1-c1ccc(N)nc1. The minimum absolute atomic E-state index is 0.502. The number of aromatic amines is 1. The van der Waals surface area contributed by atoms with E-state index < -0.39 is 0 Å². The van der Waals surface area contributed by atoms with Gasteiger partial charge in [0.25, 0.3) is 0 Å². The summed E-state index contributed by atoms with van der Waals surface area (Å²) in [5.74, 6) is 1.28. The fraction of sp³-hybridized carbons (Fsp3) is 0.0769. The largest absolute Gasteiger partial charge is 0.496 e. The second-order valence-corrected chi connectivity index (χ2v) is 3.98. The lowest BCUT2D eigenvalue weighted by atomic mass is 10.0. The highest BCUT2D eigenvalue weighted by atomic mass is 16.5. The van der Waals surface area contributed by atoms with Crippen molar-refractivity contribution >= 4 is 16.7 Å². The molecular weight excluding hydrogens is 228 g/mol.